The van der Waals surface area contributed by atoms with E-state index >= 15 is 0 Å². The van der Waals surface area contributed by atoms with E-state index in [4.69, 9.17) is 10.6 Å². The topological polar surface area (TPSA) is 65.1 Å². The molecule has 0 amide bonds. The normalized spacial score (nSPS) is 20.9. The molecule has 0 radical (unpaired) electrons. The summed E-state index contributed by atoms with van der Waals surface area (Å²) in [5.41, 5.74) is 5.21. The Kier molecular flexibility index (Phi) is 5.38. The molecule has 0 spiro atoms. The Labute approximate surface area is 123 Å². The number of aryl methyl sites for hydroxylation is 2. The first-order chi connectivity index (χ1) is 9.15. The fourth-order valence-electron chi connectivity index (χ4n) is 2.63. The summed E-state index contributed by atoms with van der Waals surface area (Å²) >= 11 is 3.65. The zero-order valence-corrected chi connectivity index (χ0v) is 13.2. The predicted molar refractivity (Wildman–Crippen MR) is 78.7 cm³/mol. The van der Waals surface area contributed by atoms with Gasteiger partial charge in [0.25, 0.3) is 0 Å². The van der Waals surface area contributed by atoms with Crippen LogP contribution in [0.3, 0.4) is 0 Å². The molecule has 1 aromatic rings. The molecule has 1 aliphatic rings. The van der Waals surface area contributed by atoms with Crippen molar-refractivity contribution in [3.63, 3.8) is 0 Å². The van der Waals surface area contributed by atoms with E-state index in [1.54, 1.807) is 0 Å². The Hall–Kier alpha value is -0.430. The summed E-state index contributed by atoms with van der Waals surface area (Å²) in [4.78, 5) is 0. The van der Waals surface area contributed by atoms with Crippen LogP contribution >= 0.6 is 15.9 Å². The van der Waals surface area contributed by atoms with Crippen LogP contribution in [0.15, 0.2) is 4.47 Å². The van der Waals surface area contributed by atoms with Crippen LogP contribution in [0.25, 0.3) is 0 Å². The van der Waals surface area contributed by atoms with Gasteiger partial charge in [-0.3, -0.25) is 16.0 Å². The highest BCUT2D eigenvalue weighted by Gasteiger charge is 2.23. The van der Waals surface area contributed by atoms with Gasteiger partial charge in [0, 0.05) is 26.1 Å². The van der Waals surface area contributed by atoms with Gasteiger partial charge in [-0.15, -0.1) is 0 Å². The number of nitrogens with zero attached hydrogens (tertiary/aromatic N) is 2. The zero-order chi connectivity index (χ0) is 13.8. The summed E-state index contributed by atoms with van der Waals surface area (Å²) in [6.07, 6.45) is 5.40. The fraction of sp³-hybridized carbons (Fsp3) is 0.769. The molecule has 3 N–H and O–H groups in total. The maximum atomic E-state index is 5.69. The average molecular weight is 331 g/mol. The summed E-state index contributed by atoms with van der Waals surface area (Å²) in [7, 11) is 1.99. The lowest BCUT2D eigenvalue weighted by Crippen LogP contribution is -2.39. The van der Waals surface area contributed by atoms with Gasteiger partial charge in [0.1, 0.15) is 0 Å². The summed E-state index contributed by atoms with van der Waals surface area (Å²) in [5.74, 6) is 5.69. The number of halogens is 1. The van der Waals surface area contributed by atoms with Crippen molar-refractivity contribution in [3.05, 3.63) is 15.9 Å². The van der Waals surface area contributed by atoms with Crippen LogP contribution in [0.2, 0.25) is 0 Å². The molecule has 1 aromatic heterocycles. The SMILES string of the molecule is CCc1nn(C)c(CC(CC2CCCO2)NN)c1Br. The number of ether oxygens (including phenoxy) is 1. The van der Waals surface area contributed by atoms with Crippen LogP contribution in [-0.2, 0) is 24.6 Å². The van der Waals surface area contributed by atoms with E-state index in [2.05, 4.69) is 33.4 Å². The number of hydrogen-bond acceptors (Lipinski definition) is 4. The van der Waals surface area contributed by atoms with Crippen LogP contribution in [0.1, 0.15) is 37.6 Å². The molecule has 0 aromatic carbocycles. The minimum absolute atomic E-state index is 0.222. The van der Waals surface area contributed by atoms with Gasteiger partial charge >= 0.3 is 0 Å². The van der Waals surface area contributed by atoms with Crippen molar-refractivity contribution in [2.75, 3.05) is 6.61 Å². The van der Waals surface area contributed by atoms with Crippen molar-refractivity contribution in [3.8, 4) is 0 Å². The van der Waals surface area contributed by atoms with Gasteiger partial charge in [0.15, 0.2) is 0 Å². The predicted octanol–water partition coefficient (Wildman–Crippen LogP) is 1.69. The van der Waals surface area contributed by atoms with E-state index in [-0.39, 0.29) is 6.04 Å². The van der Waals surface area contributed by atoms with Gasteiger partial charge in [-0.1, -0.05) is 6.92 Å². The van der Waals surface area contributed by atoms with Crippen molar-refractivity contribution < 1.29 is 4.74 Å². The number of hydrazine groups is 1. The molecule has 5 nitrogen and oxygen atoms in total. The molecule has 1 saturated heterocycles. The molecular formula is C13H23BrN4O. The maximum Gasteiger partial charge on any atom is 0.0766 e. The van der Waals surface area contributed by atoms with Gasteiger partial charge in [-0.25, -0.2) is 0 Å². The van der Waals surface area contributed by atoms with Gasteiger partial charge in [-0.05, 0) is 41.6 Å². The Bertz CT molecular complexity index is 415. The number of nitrogens with two attached hydrogens (primary N) is 1. The van der Waals surface area contributed by atoms with E-state index in [0.717, 1.165) is 48.9 Å². The highest BCUT2D eigenvalue weighted by molar-refractivity contribution is 9.10. The number of aromatic nitrogens is 2. The van der Waals surface area contributed by atoms with Crippen molar-refractivity contribution in [2.45, 2.75) is 51.2 Å². The van der Waals surface area contributed by atoms with Crippen LogP contribution < -0.4 is 11.3 Å². The first-order valence-corrected chi connectivity index (χ1v) is 7.73. The Morgan fingerprint density at radius 2 is 2.42 bits per heavy atom. The van der Waals surface area contributed by atoms with E-state index in [9.17, 15) is 0 Å². The molecule has 108 valence electrons. The second-order valence-electron chi connectivity index (χ2n) is 5.12. The van der Waals surface area contributed by atoms with E-state index < -0.39 is 0 Å². The van der Waals surface area contributed by atoms with E-state index in [1.165, 1.54) is 5.69 Å². The van der Waals surface area contributed by atoms with Crippen LogP contribution in [-0.4, -0.2) is 28.5 Å². The molecule has 2 atom stereocenters. The van der Waals surface area contributed by atoms with E-state index in [1.807, 2.05) is 11.7 Å². The Balaban J connectivity index is 2.02. The molecule has 0 saturated carbocycles. The quantitative estimate of drug-likeness (QED) is 0.615. The molecule has 6 heteroatoms. The Morgan fingerprint density at radius 1 is 1.63 bits per heavy atom. The van der Waals surface area contributed by atoms with Gasteiger partial charge in [0.2, 0.25) is 0 Å². The van der Waals surface area contributed by atoms with Crippen molar-refractivity contribution in [1.29, 1.82) is 0 Å². The summed E-state index contributed by atoms with van der Waals surface area (Å²) in [5, 5.41) is 4.52. The Morgan fingerprint density at radius 3 is 2.95 bits per heavy atom. The van der Waals surface area contributed by atoms with Gasteiger partial charge < -0.3 is 4.74 Å². The summed E-state index contributed by atoms with van der Waals surface area (Å²) in [6.45, 7) is 3.00. The third kappa shape index (κ3) is 3.56. The van der Waals surface area contributed by atoms with Crippen molar-refractivity contribution >= 4 is 15.9 Å². The van der Waals surface area contributed by atoms with Gasteiger partial charge in [0.05, 0.1) is 22.0 Å². The first kappa shape index (κ1) is 15.0. The lowest BCUT2D eigenvalue weighted by Gasteiger charge is -2.19. The molecule has 2 heterocycles. The molecule has 19 heavy (non-hydrogen) atoms. The highest BCUT2D eigenvalue weighted by Crippen LogP contribution is 2.24. The minimum atomic E-state index is 0.222. The third-order valence-electron chi connectivity index (χ3n) is 3.75. The average Bonchev–Trinajstić information content (AvgIpc) is 3.00. The number of rotatable bonds is 6. The monoisotopic (exact) mass is 330 g/mol. The number of nitrogens with one attached hydrogen (secondary N) is 1. The summed E-state index contributed by atoms with van der Waals surface area (Å²) < 4.78 is 8.74. The molecule has 2 rings (SSSR count). The molecule has 2 unspecified atom stereocenters. The maximum absolute atomic E-state index is 5.69. The van der Waals surface area contributed by atoms with E-state index in [0.29, 0.717) is 6.10 Å². The van der Waals surface area contributed by atoms with Gasteiger partial charge in [-0.2, -0.15) is 5.10 Å². The lowest BCUT2D eigenvalue weighted by molar-refractivity contribution is 0.0944. The molecule has 1 aliphatic heterocycles. The summed E-state index contributed by atoms with van der Waals surface area (Å²) in [6, 6.07) is 0.222. The highest BCUT2D eigenvalue weighted by atomic mass is 79.9. The smallest absolute Gasteiger partial charge is 0.0766 e. The fourth-order valence-corrected chi connectivity index (χ4v) is 3.41. The number of hydrogen-bond donors (Lipinski definition) is 2. The minimum Gasteiger partial charge on any atom is -0.378 e. The van der Waals surface area contributed by atoms with Crippen LogP contribution in [0.4, 0.5) is 0 Å². The van der Waals surface area contributed by atoms with Crippen LogP contribution in [0.5, 0.6) is 0 Å². The molecule has 0 bridgehead atoms. The first-order valence-electron chi connectivity index (χ1n) is 6.93. The van der Waals surface area contributed by atoms with Crippen molar-refractivity contribution in [1.82, 2.24) is 15.2 Å². The lowest BCUT2D eigenvalue weighted by atomic mass is 10.0. The standard InChI is InChI=1S/C13H23BrN4O/c1-3-11-13(14)12(18(2)17-11)8-9(16-15)7-10-5-4-6-19-10/h9-10,16H,3-8,15H2,1-2H3. The molecule has 1 fully saturated rings. The van der Waals surface area contributed by atoms with Crippen molar-refractivity contribution in [2.24, 2.45) is 12.9 Å². The second kappa shape index (κ2) is 6.83. The van der Waals surface area contributed by atoms with Crippen LogP contribution in [0, 0.1) is 0 Å². The second-order valence-corrected chi connectivity index (χ2v) is 5.92. The molecular weight excluding hydrogens is 308 g/mol. The largest absolute Gasteiger partial charge is 0.378 e. The third-order valence-corrected chi connectivity index (χ3v) is 4.67. The molecule has 0 aliphatic carbocycles. The zero-order valence-electron chi connectivity index (χ0n) is 11.7.